The Morgan fingerprint density at radius 1 is 0.378 bits per heavy atom. The van der Waals surface area contributed by atoms with Crippen LogP contribution in [0, 0.1) is 0 Å². The largest absolute Gasteiger partial charge is 0.864 e. The molecule has 0 aliphatic rings. The van der Waals surface area contributed by atoms with Crippen molar-refractivity contribution in [3.05, 3.63) is 72.8 Å². The SMILES string of the molecule is COCCOc1ccc(OB(Oc2ccc(OCCOC)cc2)Oc2ccc(OCCOC)cc2)cc1. The fourth-order valence-electron chi connectivity index (χ4n) is 2.98. The van der Waals surface area contributed by atoms with Crippen molar-refractivity contribution >= 4 is 7.32 Å². The second kappa shape index (κ2) is 16.2. The molecule has 0 heterocycles. The zero-order valence-electron chi connectivity index (χ0n) is 21.4. The molecule has 0 fully saturated rings. The van der Waals surface area contributed by atoms with E-state index < -0.39 is 7.32 Å². The Bertz CT molecular complexity index is 866. The highest BCUT2D eigenvalue weighted by Gasteiger charge is 2.30. The third kappa shape index (κ3) is 10.5. The fraction of sp³-hybridized carbons (Fsp3) is 0.333. The van der Waals surface area contributed by atoms with E-state index in [1.807, 2.05) is 0 Å². The molecule has 0 spiro atoms. The average molecular weight is 512 g/mol. The molecule has 0 aliphatic carbocycles. The summed E-state index contributed by atoms with van der Waals surface area (Å²) in [5.74, 6) is 3.75. The molecular weight excluding hydrogens is 479 g/mol. The number of hydrogen-bond donors (Lipinski definition) is 0. The lowest BCUT2D eigenvalue weighted by Crippen LogP contribution is -2.36. The van der Waals surface area contributed by atoms with Crippen LogP contribution in [0.15, 0.2) is 72.8 Å². The highest BCUT2D eigenvalue weighted by Crippen LogP contribution is 2.24. The van der Waals surface area contributed by atoms with E-state index in [0.29, 0.717) is 74.1 Å². The summed E-state index contributed by atoms with van der Waals surface area (Å²) in [4.78, 5) is 0. The Hall–Kier alpha value is -3.60. The number of methoxy groups -OCH3 is 3. The van der Waals surface area contributed by atoms with E-state index >= 15 is 0 Å². The lowest BCUT2D eigenvalue weighted by atomic mass is 10.2. The van der Waals surface area contributed by atoms with Gasteiger partial charge in [0.05, 0.1) is 19.8 Å². The predicted molar refractivity (Wildman–Crippen MR) is 139 cm³/mol. The molecule has 3 rings (SSSR count). The van der Waals surface area contributed by atoms with E-state index in [0.717, 1.165) is 0 Å². The van der Waals surface area contributed by atoms with Crippen LogP contribution in [0.2, 0.25) is 0 Å². The summed E-state index contributed by atoms with van der Waals surface area (Å²) in [6.45, 7) is 2.91. The van der Waals surface area contributed by atoms with Gasteiger partial charge in [-0.3, -0.25) is 0 Å². The molecule has 0 bridgehead atoms. The first-order chi connectivity index (χ1) is 18.2. The van der Waals surface area contributed by atoms with Gasteiger partial charge in [0.1, 0.15) is 54.3 Å². The standard InChI is InChI=1S/C27H33BO9/c1-29-16-19-32-22-4-10-25(11-5-22)35-28(36-26-12-6-23(7-13-26)33-20-17-30-2)37-27-14-8-24(9-15-27)34-21-18-31-3/h4-15H,16-21H2,1-3H3. The van der Waals surface area contributed by atoms with Gasteiger partial charge in [-0.05, 0) is 72.8 Å². The molecule has 3 aromatic carbocycles. The molecule has 0 saturated carbocycles. The van der Waals surface area contributed by atoms with Crippen molar-refractivity contribution in [3.63, 3.8) is 0 Å². The predicted octanol–water partition coefficient (Wildman–Crippen LogP) is 4.28. The van der Waals surface area contributed by atoms with E-state index in [1.165, 1.54) is 0 Å². The van der Waals surface area contributed by atoms with Crippen LogP contribution < -0.4 is 28.2 Å². The van der Waals surface area contributed by atoms with Gasteiger partial charge < -0.3 is 42.4 Å². The maximum absolute atomic E-state index is 6.00. The van der Waals surface area contributed by atoms with Crippen molar-refractivity contribution in [1.82, 2.24) is 0 Å². The van der Waals surface area contributed by atoms with Crippen molar-refractivity contribution in [2.45, 2.75) is 0 Å². The van der Waals surface area contributed by atoms with Gasteiger partial charge in [-0.15, -0.1) is 0 Å². The van der Waals surface area contributed by atoms with Gasteiger partial charge in [-0.25, -0.2) is 0 Å². The molecule has 3 aromatic rings. The summed E-state index contributed by atoms with van der Waals surface area (Å²) < 4.78 is 49.9. The van der Waals surface area contributed by atoms with Gasteiger partial charge >= 0.3 is 7.32 Å². The minimum absolute atomic E-state index is 0.460. The molecule has 0 N–H and O–H groups in total. The van der Waals surface area contributed by atoms with Crippen molar-refractivity contribution in [3.8, 4) is 34.5 Å². The van der Waals surface area contributed by atoms with E-state index in [2.05, 4.69) is 0 Å². The Balaban J connectivity index is 1.66. The number of ether oxygens (including phenoxy) is 6. The van der Waals surface area contributed by atoms with Gasteiger partial charge in [0.25, 0.3) is 0 Å². The molecule has 37 heavy (non-hydrogen) atoms. The van der Waals surface area contributed by atoms with Gasteiger partial charge in [-0.1, -0.05) is 0 Å². The summed E-state index contributed by atoms with van der Waals surface area (Å²) in [5.41, 5.74) is 0. The van der Waals surface area contributed by atoms with E-state index in [9.17, 15) is 0 Å². The zero-order valence-corrected chi connectivity index (χ0v) is 21.4. The molecule has 0 saturated heterocycles. The molecule has 9 nitrogen and oxygen atoms in total. The van der Waals surface area contributed by atoms with Crippen LogP contribution in [0.5, 0.6) is 34.5 Å². The average Bonchev–Trinajstić information content (AvgIpc) is 2.92. The Morgan fingerprint density at radius 3 is 0.865 bits per heavy atom. The quantitative estimate of drug-likeness (QED) is 0.183. The van der Waals surface area contributed by atoms with Crippen LogP contribution in [0.25, 0.3) is 0 Å². The van der Waals surface area contributed by atoms with Gasteiger partial charge in [0.15, 0.2) is 0 Å². The van der Waals surface area contributed by atoms with Crippen LogP contribution in [0.3, 0.4) is 0 Å². The molecule has 0 atom stereocenters. The molecular formula is C27H33BO9. The molecule has 0 amide bonds. The third-order valence-electron chi connectivity index (χ3n) is 4.84. The van der Waals surface area contributed by atoms with Crippen molar-refractivity contribution in [2.75, 3.05) is 61.0 Å². The molecule has 0 radical (unpaired) electrons. The first-order valence-corrected chi connectivity index (χ1v) is 11.9. The Labute approximate surface area is 218 Å². The smallest absolute Gasteiger partial charge is 0.491 e. The highest BCUT2D eigenvalue weighted by molar-refractivity contribution is 6.39. The Kier molecular flexibility index (Phi) is 12.3. The van der Waals surface area contributed by atoms with E-state index in [4.69, 9.17) is 42.4 Å². The number of rotatable bonds is 18. The van der Waals surface area contributed by atoms with E-state index in [1.54, 1.807) is 94.1 Å². The molecule has 198 valence electrons. The number of hydrogen-bond acceptors (Lipinski definition) is 9. The Morgan fingerprint density at radius 2 is 0.622 bits per heavy atom. The maximum Gasteiger partial charge on any atom is 0.864 e. The van der Waals surface area contributed by atoms with Crippen LogP contribution in [0.1, 0.15) is 0 Å². The van der Waals surface area contributed by atoms with Gasteiger partial charge in [0.2, 0.25) is 0 Å². The van der Waals surface area contributed by atoms with Gasteiger partial charge in [0, 0.05) is 21.3 Å². The molecule has 0 aliphatic heterocycles. The number of benzene rings is 3. The fourth-order valence-corrected chi connectivity index (χ4v) is 2.98. The van der Waals surface area contributed by atoms with Gasteiger partial charge in [-0.2, -0.15) is 0 Å². The summed E-state index contributed by atoms with van der Waals surface area (Å²) >= 11 is 0. The summed E-state index contributed by atoms with van der Waals surface area (Å²) in [7, 11) is 3.82. The molecule has 0 unspecified atom stereocenters. The maximum atomic E-state index is 6.00. The summed E-state index contributed by atoms with van der Waals surface area (Å²) in [6, 6.07) is 21.5. The minimum Gasteiger partial charge on any atom is -0.491 e. The van der Waals surface area contributed by atoms with Crippen LogP contribution >= 0.6 is 0 Å². The first-order valence-electron chi connectivity index (χ1n) is 11.9. The van der Waals surface area contributed by atoms with Crippen molar-refractivity contribution in [1.29, 1.82) is 0 Å². The summed E-state index contributed by atoms with van der Waals surface area (Å²) in [6.07, 6.45) is 0. The zero-order chi connectivity index (χ0) is 26.1. The van der Waals surface area contributed by atoms with Crippen LogP contribution in [-0.4, -0.2) is 68.3 Å². The molecule has 0 aromatic heterocycles. The lowest BCUT2D eigenvalue weighted by molar-refractivity contribution is 0.146. The topological polar surface area (TPSA) is 83.1 Å². The second-order valence-corrected chi connectivity index (χ2v) is 7.58. The molecule has 10 heteroatoms. The van der Waals surface area contributed by atoms with Crippen LogP contribution in [0.4, 0.5) is 0 Å². The normalized spacial score (nSPS) is 10.5. The summed E-state index contributed by atoms with van der Waals surface area (Å²) in [5, 5.41) is 0. The van der Waals surface area contributed by atoms with E-state index in [-0.39, 0.29) is 0 Å². The third-order valence-corrected chi connectivity index (χ3v) is 4.84. The minimum atomic E-state index is -1.07. The van der Waals surface area contributed by atoms with Crippen molar-refractivity contribution in [2.24, 2.45) is 0 Å². The second-order valence-electron chi connectivity index (χ2n) is 7.58. The van der Waals surface area contributed by atoms with Crippen molar-refractivity contribution < 1.29 is 42.4 Å². The lowest BCUT2D eigenvalue weighted by Gasteiger charge is -2.17. The first kappa shape index (κ1) is 28.0. The highest BCUT2D eigenvalue weighted by atomic mass is 16.7. The monoisotopic (exact) mass is 512 g/mol. The van der Waals surface area contributed by atoms with Crippen LogP contribution in [-0.2, 0) is 14.2 Å².